The molecule has 0 aliphatic rings. The molecule has 0 atom stereocenters. The Kier molecular flexibility index (Phi) is 3.64. The van der Waals surface area contributed by atoms with Crippen LogP contribution in [0.4, 0.5) is 13.2 Å². The Morgan fingerprint density at radius 2 is 2.07 bits per heavy atom. The molecule has 0 aliphatic heterocycles. The summed E-state index contributed by atoms with van der Waals surface area (Å²) in [5.74, 6) is 2.52. The zero-order valence-electron chi connectivity index (χ0n) is 7.44. The highest BCUT2D eigenvalue weighted by Crippen LogP contribution is 2.34. The van der Waals surface area contributed by atoms with Crippen molar-refractivity contribution in [1.29, 1.82) is 0 Å². The predicted molar refractivity (Wildman–Crippen MR) is 53.5 cm³/mol. The number of alkyl halides is 3. The van der Waals surface area contributed by atoms with Crippen LogP contribution in [-0.4, -0.2) is 6.61 Å². The van der Waals surface area contributed by atoms with Crippen molar-refractivity contribution in [3.8, 4) is 18.1 Å². The van der Waals surface area contributed by atoms with Crippen molar-refractivity contribution >= 4 is 15.9 Å². The van der Waals surface area contributed by atoms with Crippen LogP contribution < -0.4 is 4.74 Å². The summed E-state index contributed by atoms with van der Waals surface area (Å²) in [6.07, 6.45) is 0.601. The lowest BCUT2D eigenvalue weighted by Crippen LogP contribution is -2.05. The van der Waals surface area contributed by atoms with E-state index in [4.69, 9.17) is 11.2 Å². The van der Waals surface area contributed by atoms with Gasteiger partial charge in [0.05, 0.1) is 10.0 Å². The molecular formula is C10H6BrF3O. The van der Waals surface area contributed by atoms with Crippen molar-refractivity contribution in [2.24, 2.45) is 0 Å². The molecule has 0 amide bonds. The molecule has 0 heterocycles. The van der Waals surface area contributed by atoms with Gasteiger partial charge in [0.2, 0.25) is 0 Å². The summed E-state index contributed by atoms with van der Waals surface area (Å²) in [5.41, 5.74) is -0.734. The van der Waals surface area contributed by atoms with E-state index in [1.165, 1.54) is 6.07 Å². The minimum absolute atomic E-state index is 0.0178. The molecule has 0 saturated carbocycles. The summed E-state index contributed by atoms with van der Waals surface area (Å²) in [6.45, 7) is 0.0178. The minimum atomic E-state index is -4.35. The Hall–Kier alpha value is -1.15. The molecule has 0 saturated heterocycles. The van der Waals surface area contributed by atoms with Gasteiger partial charge in [-0.1, -0.05) is 5.92 Å². The predicted octanol–water partition coefficient (Wildman–Crippen LogP) is 3.48. The average Bonchev–Trinajstić information content (AvgIpc) is 2.14. The van der Waals surface area contributed by atoms with Crippen LogP contribution in [0.2, 0.25) is 0 Å². The highest BCUT2D eigenvalue weighted by atomic mass is 79.9. The fourth-order valence-corrected chi connectivity index (χ4v) is 1.41. The highest BCUT2D eigenvalue weighted by molar-refractivity contribution is 9.10. The van der Waals surface area contributed by atoms with Crippen molar-refractivity contribution in [2.75, 3.05) is 6.61 Å². The molecule has 5 heteroatoms. The fourth-order valence-electron chi connectivity index (χ4n) is 0.914. The Bertz CT molecular complexity index is 393. The first-order valence-corrected chi connectivity index (χ1v) is 4.67. The van der Waals surface area contributed by atoms with E-state index in [1.807, 2.05) is 0 Å². The second kappa shape index (κ2) is 4.58. The van der Waals surface area contributed by atoms with Crippen LogP contribution in [-0.2, 0) is 6.18 Å². The number of benzene rings is 1. The van der Waals surface area contributed by atoms with Crippen LogP contribution in [0.15, 0.2) is 22.7 Å². The summed E-state index contributed by atoms with van der Waals surface area (Å²) in [4.78, 5) is 0. The van der Waals surface area contributed by atoms with E-state index >= 15 is 0 Å². The van der Waals surface area contributed by atoms with Gasteiger partial charge in [-0.15, -0.1) is 6.42 Å². The molecule has 0 unspecified atom stereocenters. The SMILES string of the molecule is C#CCOc1ccc(C(F)(F)F)cc1Br. The van der Waals surface area contributed by atoms with Gasteiger partial charge in [-0.3, -0.25) is 0 Å². The minimum Gasteiger partial charge on any atom is -0.480 e. The molecule has 1 nitrogen and oxygen atoms in total. The van der Waals surface area contributed by atoms with Gasteiger partial charge < -0.3 is 4.74 Å². The smallest absolute Gasteiger partial charge is 0.416 e. The lowest BCUT2D eigenvalue weighted by molar-refractivity contribution is -0.137. The quantitative estimate of drug-likeness (QED) is 0.753. The second-order valence-corrected chi connectivity index (χ2v) is 3.49. The Balaban J connectivity index is 2.94. The monoisotopic (exact) mass is 278 g/mol. The standard InChI is InChI=1S/C10H6BrF3O/c1-2-5-15-9-4-3-7(6-8(9)11)10(12,13)14/h1,3-4,6H,5H2. The van der Waals surface area contributed by atoms with E-state index in [-0.39, 0.29) is 11.1 Å². The first kappa shape index (κ1) is 11.9. The largest absolute Gasteiger partial charge is 0.480 e. The number of hydrogen-bond acceptors (Lipinski definition) is 1. The summed E-state index contributed by atoms with van der Waals surface area (Å²) in [7, 11) is 0. The molecule has 0 bridgehead atoms. The summed E-state index contributed by atoms with van der Waals surface area (Å²) in [6, 6.07) is 3.12. The molecule has 1 aromatic rings. The number of terminal acetylenes is 1. The molecule has 0 aromatic heterocycles. The van der Waals surface area contributed by atoms with Crippen molar-refractivity contribution in [3.63, 3.8) is 0 Å². The first-order chi connectivity index (χ1) is 6.95. The number of ether oxygens (including phenoxy) is 1. The summed E-state index contributed by atoms with van der Waals surface area (Å²) in [5, 5.41) is 0. The van der Waals surface area contributed by atoms with Gasteiger partial charge in [-0.05, 0) is 34.1 Å². The van der Waals surface area contributed by atoms with E-state index in [9.17, 15) is 13.2 Å². The molecule has 0 aliphatic carbocycles. The van der Waals surface area contributed by atoms with Gasteiger partial charge in [-0.2, -0.15) is 13.2 Å². The van der Waals surface area contributed by atoms with E-state index in [0.29, 0.717) is 5.75 Å². The van der Waals surface area contributed by atoms with E-state index in [1.54, 1.807) is 0 Å². The molecule has 1 rings (SSSR count). The third kappa shape index (κ3) is 3.17. The summed E-state index contributed by atoms with van der Waals surface area (Å²) >= 11 is 2.98. The van der Waals surface area contributed by atoms with Crippen molar-refractivity contribution in [3.05, 3.63) is 28.2 Å². The van der Waals surface area contributed by atoms with Crippen LogP contribution in [0.3, 0.4) is 0 Å². The number of halogens is 4. The van der Waals surface area contributed by atoms with E-state index in [2.05, 4.69) is 21.9 Å². The maximum atomic E-state index is 12.3. The number of hydrogen-bond donors (Lipinski definition) is 0. The maximum absolute atomic E-state index is 12.3. The molecule has 1 aromatic carbocycles. The zero-order chi connectivity index (χ0) is 11.5. The van der Waals surface area contributed by atoms with Gasteiger partial charge in [-0.25, -0.2) is 0 Å². The lowest BCUT2D eigenvalue weighted by atomic mass is 10.2. The second-order valence-electron chi connectivity index (χ2n) is 2.64. The average molecular weight is 279 g/mol. The molecule has 15 heavy (non-hydrogen) atoms. The molecule has 0 spiro atoms. The van der Waals surface area contributed by atoms with E-state index in [0.717, 1.165) is 12.1 Å². The lowest BCUT2D eigenvalue weighted by Gasteiger charge is -2.09. The van der Waals surface area contributed by atoms with Gasteiger partial charge in [0, 0.05) is 0 Å². The van der Waals surface area contributed by atoms with Crippen molar-refractivity contribution < 1.29 is 17.9 Å². The molecular weight excluding hydrogens is 273 g/mol. The summed E-state index contributed by atoms with van der Waals surface area (Å²) < 4.78 is 42.0. The topological polar surface area (TPSA) is 9.23 Å². The fraction of sp³-hybridized carbons (Fsp3) is 0.200. The third-order valence-electron chi connectivity index (χ3n) is 1.57. The first-order valence-electron chi connectivity index (χ1n) is 3.88. The van der Waals surface area contributed by atoms with Gasteiger partial charge in [0.1, 0.15) is 12.4 Å². The van der Waals surface area contributed by atoms with Gasteiger partial charge in [0.15, 0.2) is 0 Å². The maximum Gasteiger partial charge on any atom is 0.416 e. The molecule has 0 fully saturated rings. The Morgan fingerprint density at radius 1 is 1.40 bits per heavy atom. The van der Waals surface area contributed by atoms with Crippen LogP contribution in [0, 0.1) is 12.3 Å². The van der Waals surface area contributed by atoms with Crippen molar-refractivity contribution in [2.45, 2.75) is 6.18 Å². The zero-order valence-corrected chi connectivity index (χ0v) is 9.02. The van der Waals surface area contributed by atoms with Crippen LogP contribution >= 0.6 is 15.9 Å². The van der Waals surface area contributed by atoms with Gasteiger partial charge in [0.25, 0.3) is 0 Å². The number of rotatable bonds is 2. The van der Waals surface area contributed by atoms with Gasteiger partial charge >= 0.3 is 6.18 Å². The molecule has 0 radical (unpaired) electrons. The van der Waals surface area contributed by atoms with Crippen LogP contribution in [0.5, 0.6) is 5.75 Å². The Morgan fingerprint density at radius 3 is 2.53 bits per heavy atom. The van der Waals surface area contributed by atoms with E-state index < -0.39 is 11.7 Å². The normalized spacial score (nSPS) is 10.9. The Labute approximate surface area is 93.4 Å². The van der Waals surface area contributed by atoms with Crippen molar-refractivity contribution in [1.82, 2.24) is 0 Å². The molecule has 0 N–H and O–H groups in total. The highest BCUT2D eigenvalue weighted by Gasteiger charge is 2.30. The third-order valence-corrected chi connectivity index (χ3v) is 2.19. The van der Waals surface area contributed by atoms with Crippen LogP contribution in [0.1, 0.15) is 5.56 Å². The molecule has 80 valence electrons. The van der Waals surface area contributed by atoms with Crippen LogP contribution in [0.25, 0.3) is 0 Å².